The molecule has 2 aliphatic heterocycles. The fourth-order valence-corrected chi connectivity index (χ4v) is 3.50. The van der Waals surface area contributed by atoms with Crippen molar-refractivity contribution in [2.45, 2.75) is 51.6 Å². The molecule has 2 saturated heterocycles. The van der Waals surface area contributed by atoms with Crippen LogP contribution in [0.5, 0.6) is 0 Å². The Bertz CT molecular complexity index is 257. The summed E-state index contributed by atoms with van der Waals surface area (Å²) in [5, 5.41) is 12.9. The lowest BCUT2D eigenvalue weighted by atomic mass is 9.76. The van der Waals surface area contributed by atoms with Gasteiger partial charge in [-0.05, 0) is 65.0 Å². The summed E-state index contributed by atoms with van der Waals surface area (Å²) in [6.45, 7) is 10.6. The summed E-state index contributed by atoms with van der Waals surface area (Å²) in [6.07, 6.45) is 3.77. The molecule has 0 aromatic carbocycles. The molecule has 2 aliphatic rings. The molecule has 0 amide bonds. The summed E-state index contributed by atoms with van der Waals surface area (Å²) < 4.78 is 0. The Kier molecular flexibility index (Phi) is 4.11. The van der Waals surface area contributed by atoms with Crippen LogP contribution in [0.15, 0.2) is 0 Å². The van der Waals surface area contributed by atoms with Crippen molar-refractivity contribution in [2.24, 2.45) is 11.8 Å². The molecule has 0 bridgehead atoms. The van der Waals surface area contributed by atoms with E-state index in [1.807, 2.05) is 0 Å². The Morgan fingerprint density at radius 1 is 1.35 bits per heavy atom. The van der Waals surface area contributed by atoms with E-state index in [9.17, 15) is 5.11 Å². The van der Waals surface area contributed by atoms with Crippen LogP contribution >= 0.6 is 0 Å². The smallest absolute Gasteiger partial charge is 0.0610 e. The van der Waals surface area contributed by atoms with Crippen LogP contribution in [0.25, 0.3) is 0 Å². The van der Waals surface area contributed by atoms with E-state index in [-0.39, 0.29) is 12.1 Å². The zero-order valence-electron chi connectivity index (χ0n) is 11.6. The van der Waals surface area contributed by atoms with E-state index >= 15 is 0 Å². The van der Waals surface area contributed by atoms with Gasteiger partial charge in [0.15, 0.2) is 0 Å². The van der Waals surface area contributed by atoms with E-state index in [0.29, 0.717) is 6.04 Å². The van der Waals surface area contributed by atoms with Crippen molar-refractivity contribution < 1.29 is 5.11 Å². The topological polar surface area (TPSA) is 35.5 Å². The molecule has 0 spiro atoms. The third-order valence-electron chi connectivity index (χ3n) is 4.78. The van der Waals surface area contributed by atoms with Crippen LogP contribution in [0, 0.1) is 11.8 Å². The van der Waals surface area contributed by atoms with Gasteiger partial charge in [0.2, 0.25) is 0 Å². The monoisotopic (exact) mass is 240 g/mol. The zero-order valence-corrected chi connectivity index (χ0v) is 11.6. The van der Waals surface area contributed by atoms with E-state index in [1.165, 1.54) is 25.9 Å². The van der Waals surface area contributed by atoms with Crippen LogP contribution in [0.1, 0.15) is 40.0 Å². The highest BCUT2D eigenvalue weighted by atomic mass is 16.3. The molecule has 0 aliphatic carbocycles. The lowest BCUT2D eigenvalue weighted by Crippen LogP contribution is -2.52. The predicted octanol–water partition coefficient (Wildman–Crippen LogP) is 1.47. The van der Waals surface area contributed by atoms with Gasteiger partial charge in [0.1, 0.15) is 0 Å². The van der Waals surface area contributed by atoms with E-state index in [0.717, 1.165) is 24.8 Å². The van der Waals surface area contributed by atoms with Crippen molar-refractivity contribution in [1.82, 2.24) is 10.2 Å². The Balaban J connectivity index is 1.91. The highest BCUT2D eigenvalue weighted by Crippen LogP contribution is 2.35. The highest BCUT2D eigenvalue weighted by molar-refractivity contribution is 4.94. The Morgan fingerprint density at radius 2 is 2.12 bits per heavy atom. The predicted molar refractivity (Wildman–Crippen MR) is 71.0 cm³/mol. The van der Waals surface area contributed by atoms with Gasteiger partial charge in [-0.2, -0.15) is 0 Å². The maximum absolute atomic E-state index is 9.48. The maximum Gasteiger partial charge on any atom is 0.0610 e. The van der Waals surface area contributed by atoms with Gasteiger partial charge < -0.3 is 15.3 Å². The fourth-order valence-electron chi connectivity index (χ4n) is 3.50. The Hall–Kier alpha value is -0.120. The molecular formula is C14H28N2O. The molecule has 3 atom stereocenters. The number of rotatable bonds is 3. The molecule has 17 heavy (non-hydrogen) atoms. The van der Waals surface area contributed by atoms with Crippen molar-refractivity contribution >= 4 is 0 Å². The largest absolute Gasteiger partial charge is 0.394 e. The molecule has 3 nitrogen and oxygen atoms in total. The van der Waals surface area contributed by atoms with Crippen LogP contribution in [-0.4, -0.2) is 47.8 Å². The van der Waals surface area contributed by atoms with Crippen molar-refractivity contribution in [3.05, 3.63) is 0 Å². The van der Waals surface area contributed by atoms with Crippen molar-refractivity contribution in [1.29, 1.82) is 0 Å². The summed E-state index contributed by atoms with van der Waals surface area (Å²) >= 11 is 0. The molecule has 3 heteroatoms. The van der Waals surface area contributed by atoms with Gasteiger partial charge in [-0.3, -0.25) is 0 Å². The summed E-state index contributed by atoms with van der Waals surface area (Å²) in [6, 6.07) is 0.686. The van der Waals surface area contributed by atoms with Gasteiger partial charge in [0.05, 0.1) is 6.61 Å². The quantitative estimate of drug-likeness (QED) is 0.784. The number of hydrogen-bond acceptors (Lipinski definition) is 3. The first-order chi connectivity index (χ1) is 8.04. The Morgan fingerprint density at radius 3 is 2.71 bits per heavy atom. The van der Waals surface area contributed by atoms with Crippen LogP contribution in [0.3, 0.4) is 0 Å². The average molecular weight is 240 g/mol. The minimum Gasteiger partial charge on any atom is -0.394 e. The van der Waals surface area contributed by atoms with E-state index < -0.39 is 0 Å². The molecule has 2 N–H and O–H groups in total. The van der Waals surface area contributed by atoms with E-state index in [4.69, 9.17) is 0 Å². The third kappa shape index (κ3) is 3.01. The molecule has 2 fully saturated rings. The second-order valence-electron chi connectivity index (χ2n) is 6.54. The number of aliphatic hydroxyl groups is 1. The second kappa shape index (κ2) is 5.25. The lowest BCUT2D eigenvalue weighted by molar-refractivity contribution is 0.0968. The van der Waals surface area contributed by atoms with E-state index in [2.05, 4.69) is 31.0 Å². The number of nitrogens with zero attached hydrogens (tertiary/aromatic N) is 1. The van der Waals surface area contributed by atoms with Crippen molar-refractivity contribution in [3.63, 3.8) is 0 Å². The minimum atomic E-state index is -0.0336. The molecule has 2 rings (SSSR count). The first-order valence-electron chi connectivity index (χ1n) is 7.14. The lowest BCUT2D eigenvalue weighted by Gasteiger charge is -2.40. The molecule has 0 saturated carbocycles. The highest BCUT2D eigenvalue weighted by Gasteiger charge is 2.37. The Labute approximate surface area is 106 Å². The first-order valence-corrected chi connectivity index (χ1v) is 7.14. The van der Waals surface area contributed by atoms with Crippen molar-refractivity contribution in [3.8, 4) is 0 Å². The average Bonchev–Trinajstić information content (AvgIpc) is 2.78. The van der Waals surface area contributed by atoms with Crippen LogP contribution < -0.4 is 5.32 Å². The summed E-state index contributed by atoms with van der Waals surface area (Å²) in [5.74, 6) is 1.66. The van der Waals surface area contributed by atoms with Crippen molar-refractivity contribution in [2.75, 3.05) is 26.2 Å². The van der Waals surface area contributed by atoms with Gasteiger partial charge in [0.25, 0.3) is 0 Å². The number of piperidine rings is 1. The first kappa shape index (κ1) is 13.3. The number of hydrogen-bond donors (Lipinski definition) is 2. The fraction of sp³-hybridized carbons (Fsp3) is 1.00. The van der Waals surface area contributed by atoms with E-state index in [1.54, 1.807) is 0 Å². The zero-order chi connectivity index (χ0) is 12.5. The summed E-state index contributed by atoms with van der Waals surface area (Å²) in [7, 11) is 0. The number of likely N-dealkylation sites (tertiary alicyclic amines) is 1. The normalized spacial score (nSPS) is 40.1. The molecule has 0 aromatic rings. The summed E-state index contributed by atoms with van der Waals surface area (Å²) in [5.41, 5.74) is -0.0336. The maximum atomic E-state index is 9.48. The molecular weight excluding hydrogens is 212 g/mol. The third-order valence-corrected chi connectivity index (χ3v) is 4.78. The number of nitrogens with one attached hydrogen (secondary N) is 1. The van der Waals surface area contributed by atoms with Gasteiger partial charge in [-0.15, -0.1) is 0 Å². The molecule has 0 radical (unpaired) electrons. The van der Waals surface area contributed by atoms with Crippen LogP contribution in [-0.2, 0) is 0 Å². The SMILES string of the molecule is CC(C)N1CCC(C2CCNC(C)(CO)C2)C1. The van der Waals surface area contributed by atoms with Crippen LogP contribution in [0.4, 0.5) is 0 Å². The van der Waals surface area contributed by atoms with Gasteiger partial charge in [-0.25, -0.2) is 0 Å². The van der Waals surface area contributed by atoms with Gasteiger partial charge >= 0.3 is 0 Å². The van der Waals surface area contributed by atoms with Crippen LogP contribution in [0.2, 0.25) is 0 Å². The minimum absolute atomic E-state index is 0.0336. The molecule has 100 valence electrons. The molecule has 0 aromatic heterocycles. The standard InChI is InChI=1S/C14H28N2O/c1-11(2)16-7-5-13(9-16)12-4-6-15-14(3,8-12)10-17/h11-13,15,17H,4-10H2,1-3H3. The summed E-state index contributed by atoms with van der Waals surface area (Å²) in [4.78, 5) is 2.60. The number of aliphatic hydroxyl groups excluding tert-OH is 1. The van der Waals surface area contributed by atoms with Gasteiger partial charge in [0, 0.05) is 18.1 Å². The van der Waals surface area contributed by atoms with Gasteiger partial charge in [-0.1, -0.05) is 0 Å². The molecule has 2 heterocycles. The molecule has 3 unspecified atom stereocenters. The second-order valence-corrected chi connectivity index (χ2v) is 6.54.